The third-order valence-electron chi connectivity index (χ3n) is 6.22. The molecule has 0 radical (unpaired) electrons. The monoisotopic (exact) mass is 360 g/mol. The van der Waals surface area contributed by atoms with E-state index in [0.717, 1.165) is 24.8 Å². The fourth-order valence-electron chi connectivity index (χ4n) is 4.84. The molecule has 5 N–H and O–H groups in total. The van der Waals surface area contributed by atoms with Gasteiger partial charge in [0, 0.05) is 12.5 Å². The zero-order chi connectivity index (χ0) is 18.5. The van der Waals surface area contributed by atoms with Crippen molar-refractivity contribution in [2.45, 2.75) is 63.2 Å². The molecule has 1 amide bonds. The van der Waals surface area contributed by atoms with E-state index in [2.05, 4.69) is 5.32 Å². The van der Waals surface area contributed by atoms with Gasteiger partial charge in [0.15, 0.2) is 0 Å². The molecule has 0 bridgehead atoms. The molecule has 2 aliphatic carbocycles. The van der Waals surface area contributed by atoms with E-state index in [1.807, 2.05) is 30.3 Å². The molecule has 1 aromatic carbocycles. The highest BCUT2D eigenvalue weighted by molar-refractivity contribution is 5.79. The Bertz CT molecular complexity index is 580. The Morgan fingerprint density at radius 1 is 1.23 bits per heavy atom. The minimum absolute atomic E-state index is 0.0726. The average Bonchev–Trinajstić information content (AvgIpc) is 2.97. The van der Waals surface area contributed by atoms with Crippen LogP contribution in [-0.2, 0) is 11.2 Å². The van der Waals surface area contributed by atoms with E-state index in [9.17, 15) is 15.0 Å². The van der Waals surface area contributed by atoms with Crippen LogP contribution in [0.5, 0.6) is 0 Å². The fourth-order valence-corrected chi connectivity index (χ4v) is 4.84. The highest BCUT2D eigenvalue weighted by Crippen LogP contribution is 2.42. The number of aliphatic hydroxyl groups is 2. The van der Waals surface area contributed by atoms with Gasteiger partial charge in [0.25, 0.3) is 0 Å². The molecule has 2 saturated carbocycles. The zero-order valence-corrected chi connectivity index (χ0v) is 15.4. The molecule has 144 valence electrons. The van der Waals surface area contributed by atoms with Gasteiger partial charge in [-0.3, -0.25) is 4.79 Å². The van der Waals surface area contributed by atoms with Crippen molar-refractivity contribution >= 4 is 5.91 Å². The van der Waals surface area contributed by atoms with Crippen LogP contribution in [0.1, 0.15) is 44.1 Å². The molecular formula is C21H32N2O3. The summed E-state index contributed by atoms with van der Waals surface area (Å²) in [7, 11) is 0. The fraction of sp³-hybridized carbons (Fsp3) is 0.667. The first-order chi connectivity index (χ1) is 12.6. The summed E-state index contributed by atoms with van der Waals surface area (Å²) in [5.74, 6) is 0.508. The van der Waals surface area contributed by atoms with Crippen molar-refractivity contribution in [1.82, 2.24) is 5.32 Å². The topological polar surface area (TPSA) is 95.6 Å². The molecule has 5 nitrogen and oxygen atoms in total. The molecule has 5 heteroatoms. The third-order valence-corrected chi connectivity index (χ3v) is 6.22. The largest absolute Gasteiger partial charge is 0.392 e. The quantitative estimate of drug-likeness (QED) is 0.594. The Balaban J connectivity index is 1.68. The van der Waals surface area contributed by atoms with Crippen LogP contribution in [0.2, 0.25) is 0 Å². The minimum atomic E-state index is -0.689. The maximum absolute atomic E-state index is 13.0. The second kappa shape index (κ2) is 8.98. The zero-order valence-electron chi connectivity index (χ0n) is 15.4. The van der Waals surface area contributed by atoms with Crippen LogP contribution in [0.15, 0.2) is 30.3 Å². The number of aliphatic hydroxyl groups excluding tert-OH is 2. The number of amides is 1. The number of carbonyl (C=O) groups is 1. The normalized spacial score (nSPS) is 30.4. The van der Waals surface area contributed by atoms with Gasteiger partial charge in [0.05, 0.1) is 18.2 Å². The highest BCUT2D eigenvalue weighted by Gasteiger charge is 2.44. The average molecular weight is 360 g/mol. The van der Waals surface area contributed by atoms with Gasteiger partial charge in [-0.2, -0.15) is 0 Å². The van der Waals surface area contributed by atoms with Crippen molar-refractivity contribution in [2.24, 2.45) is 23.5 Å². The van der Waals surface area contributed by atoms with E-state index >= 15 is 0 Å². The molecule has 3 rings (SSSR count). The Morgan fingerprint density at radius 3 is 2.69 bits per heavy atom. The van der Waals surface area contributed by atoms with Crippen LogP contribution < -0.4 is 11.1 Å². The molecule has 26 heavy (non-hydrogen) atoms. The highest BCUT2D eigenvalue weighted by atomic mass is 16.3. The number of nitrogens with one attached hydrogen (secondary N) is 1. The molecule has 6 atom stereocenters. The second-order valence-corrected chi connectivity index (χ2v) is 8.06. The number of fused-ring (bicyclic) bond motifs is 1. The predicted octanol–water partition coefficient (Wildman–Crippen LogP) is 1.61. The lowest BCUT2D eigenvalue weighted by Crippen LogP contribution is -2.48. The smallest absolute Gasteiger partial charge is 0.223 e. The van der Waals surface area contributed by atoms with Crippen LogP contribution >= 0.6 is 0 Å². The Hall–Kier alpha value is -1.43. The van der Waals surface area contributed by atoms with Crippen LogP contribution in [0.4, 0.5) is 0 Å². The van der Waals surface area contributed by atoms with Crippen molar-refractivity contribution in [3.63, 3.8) is 0 Å². The van der Waals surface area contributed by atoms with E-state index in [1.54, 1.807) is 0 Å². The van der Waals surface area contributed by atoms with Crippen molar-refractivity contribution < 1.29 is 15.0 Å². The van der Waals surface area contributed by atoms with E-state index in [1.165, 1.54) is 12.8 Å². The van der Waals surface area contributed by atoms with Gasteiger partial charge in [0.1, 0.15) is 0 Å². The molecular weight excluding hydrogens is 328 g/mol. The molecule has 0 heterocycles. The lowest BCUT2D eigenvalue weighted by molar-refractivity contribution is -0.127. The van der Waals surface area contributed by atoms with Gasteiger partial charge < -0.3 is 21.3 Å². The van der Waals surface area contributed by atoms with Crippen molar-refractivity contribution in [3.05, 3.63) is 35.9 Å². The Labute approximate surface area is 156 Å². The minimum Gasteiger partial charge on any atom is -0.392 e. The van der Waals surface area contributed by atoms with Gasteiger partial charge in [-0.1, -0.05) is 49.6 Å². The van der Waals surface area contributed by atoms with Crippen molar-refractivity contribution in [1.29, 1.82) is 0 Å². The molecule has 2 fully saturated rings. The molecule has 0 spiro atoms. The molecule has 0 saturated heterocycles. The molecule has 1 aromatic rings. The van der Waals surface area contributed by atoms with Crippen molar-refractivity contribution in [2.75, 3.05) is 6.54 Å². The summed E-state index contributed by atoms with van der Waals surface area (Å²) < 4.78 is 0. The first-order valence-electron chi connectivity index (χ1n) is 9.99. The van der Waals surface area contributed by atoms with E-state index in [0.29, 0.717) is 24.7 Å². The third kappa shape index (κ3) is 4.64. The summed E-state index contributed by atoms with van der Waals surface area (Å²) in [6.07, 6.45) is 5.22. The standard InChI is InChI=1S/C21H32N2O3/c22-13-17(24)11-16(10-14-6-2-1-3-7-14)21(26)23-20-18-9-5-4-8-15(18)12-19(20)25/h1-3,6-7,15-20,24-25H,4-5,8-13,22H2,(H,23,26). The van der Waals surface area contributed by atoms with E-state index < -0.39 is 12.2 Å². The number of hydrogen-bond acceptors (Lipinski definition) is 4. The van der Waals surface area contributed by atoms with E-state index in [-0.39, 0.29) is 24.4 Å². The van der Waals surface area contributed by atoms with Crippen LogP contribution in [0.3, 0.4) is 0 Å². The number of hydrogen-bond donors (Lipinski definition) is 4. The SMILES string of the molecule is NCC(O)CC(Cc1ccccc1)C(=O)NC1C(O)CC2CCCCC21. The molecule has 0 aromatic heterocycles. The first kappa shape index (κ1) is 19.3. The lowest BCUT2D eigenvalue weighted by atomic mass is 9.80. The summed E-state index contributed by atoms with van der Waals surface area (Å²) in [5.41, 5.74) is 6.63. The summed E-state index contributed by atoms with van der Waals surface area (Å²) >= 11 is 0. The van der Waals surface area contributed by atoms with Gasteiger partial charge in [-0.15, -0.1) is 0 Å². The van der Waals surface area contributed by atoms with Gasteiger partial charge in [-0.25, -0.2) is 0 Å². The van der Waals surface area contributed by atoms with Gasteiger partial charge in [-0.05, 0) is 43.1 Å². The second-order valence-electron chi connectivity index (χ2n) is 8.06. The van der Waals surface area contributed by atoms with Crippen LogP contribution in [-0.4, -0.2) is 40.9 Å². The molecule has 2 aliphatic rings. The summed E-state index contributed by atoms with van der Waals surface area (Å²) in [6.45, 7) is 0.148. The maximum Gasteiger partial charge on any atom is 0.223 e. The number of carbonyl (C=O) groups excluding carboxylic acids is 1. The first-order valence-corrected chi connectivity index (χ1v) is 9.99. The number of nitrogens with two attached hydrogens (primary N) is 1. The molecule has 6 unspecified atom stereocenters. The molecule has 0 aliphatic heterocycles. The number of benzene rings is 1. The van der Waals surface area contributed by atoms with Crippen LogP contribution in [0.25, 0.3) is 0 Å². The van der Waals surface area contributed by atoms with E-state index in [4.69, 9.17) is 5.73 Å². The van der Waals surface area contributed by atoms with Gasteiger partial charge in [0.2, 0.25) is 5.91 Å². The predicted molar refractivity (Wildman–Crippen MR) is 101 cm³/mol. The summed E-state index contributed by atoms with van der Waals surface area (Å²) in [4.78, 5) is 13.0. The Kier molecular flexibility index (Phi) is 6.68. The summed E-state index contributed by atoms with van der Waals surface area (Å²) in [5, 5.41) is 23.6. The lowest BCUT2D eigenvalue weighted by Gasteiger charge is -2.31. The van der Waals surface area contributed by atoms with Gasteiger partial charge >= 0.3 is 0 Å². The van der Waals surface area contributed by atoms with Crippen molar-refractivity contribution in [3.8, 4) is 0 Å². The van der Waals surface area contributed by atoms with Crippen LogP contribution in [0, 0.1) is 17.8 Å². The summed E-state index contributed by atoms with van der Waals surface area (Å²) in [6, 6.07) is 9.70. The Morgan fingerprint density at radius 2 is 1.96 bits per heavy atom. The maximum atomic E-state index is 13.0. The number of rotatable bonds is 7.